The van der Waals surface area contributed by atoms with E-state index in [1.807, 2.05) is 0 Å². The zero-order valence-corrected chi connectivity index (χ0v) is 8.24. The molecule has 0 unspecified atom stereocenters. The second-order valence-corrected chi connectivity index (χ2v) is 3.92. The highest BCUT2D eigenvalue weighted by Crippen LogP contribution is 2.30. The molecule has 0 heterocycles. The number of hydrogen-bond acceptors (Lipinski definition) is 2. The number of carbonyl (C=O) groups excluding carboxylic acids is 1. The molecular weight excluding hydrogens is 182 g/mol. The molecule has 1 aliphatic carbocycles. The lowest BCUT2D eigenvalue weighted by molar-refractivity contribution is -0.143. The maximum absolute atomic E-state index is 10.7. The fourth-order valence-corrected chi connectivity index (χ4v) is 2.04. The van der Waals surface area contributed by atoms with Crippen LogP contribution in [0, 0.1) is 11.8 Å². The van der Waals surface area contributed by atoms with Crippen molar-refractivity contribution < 1.29 is 14.7 Å². The van der Waals surface area contributed by atoms with Crippen molar-refractivity contribution in [3.05, 3.63) is 0 Å². The molecule has 0 aromatic carbocycles. The highest BCUT2D eigenvalue weighted by atomic mass is 16.4. The minimum absolute atomic E-state index is 0.134. The Labute approximate surface area is 83.7 Å². The van der Waals surface area contributed by atoms with Crippen molar-refractivity contribution in [2.24, 2.45) is 11.8 Å². The van der Waals surface area contributed by atoms with Crippen LogP contribution in [0.4, 0.5) is 0 Å². The molecule has 1 saturated carbocycles. The summed E-state index contributed by atoms with van der Waals surface area (Å²) in [6.45, 7) is 0.714. The van der Waals surface area contributed by atoms with E-state index < -0.39 is 5.97 Å². The minimum atomic E-state index is -0.658. The van der Waals surface area contributed by atoms with Gasteiger partial charge in [0.2, 0.25) is 6.41 Å². The second-order valence-electron chi connectivity index (χ2n) is 3.92. The van der Waals surface area contributed by atoms with Crippen LogP contribution in [0.3, 0.4) is 0 Å². The number of amides is 1. The fraction of sp³-hybridized carbons (Fsp3) is 0.800. The predicted octanol–water partition coefficient (Wildman–Crippen LogP) is 1.01. The average molecular weight is 199 g/mol. The summed E-state index contributed by atoms with van der Waals surface area (Å²) in [6.07, 6.45) is 5.24. The van der Waals surface area contributed by atoms with Gasteiger partial charge in [-0.1, -0.05) is 0 Å². The van der Waals surface area contributed by atoms with E-state index in [9.17, 15) is 9.59 Å². The summed E-state index contributed by atoms with van der Waals surface area (Å²) in [7, 11) is 0. The van der Waals surface area contributed by atoms with Crippen LogP contribution < -0.4 is 5.32 Å². The van der Waals surface area contributed by atoms with E-state index in [4.69, 9.17) is 5.11 Å². The zero-order chi connectivity index (χ0) is 10.4. The Morgan fingerprint density at radius 3 is 2.50 bits per heavy atom. The number of carboxylic acid groups (broad SMARTS) is 1. The maximum atomic E-state index is 10.7. The van der Waals surface area contributed by atoms with Crippen molar-refractivity contribution >= 4 is 12.4 Å². The van der Waals surface area contributed by atoms with Crippen LogP contribution in [0.2, 0.25) is 0 Å². The third-order valence-electron chi connectivity index (χ3n) is 2.98. The van der Waals surface area contributed by atoms with Gasteiger partial charge in [0.15, 0.2) is 0 Å². The van der Waals surface area contributed by atoms with E-state index in [1.165, 1.54) is 0 Å². The average Bonchev–Trinajstić information content (AvgIpc) is 2.19. The standard InChI is InChI=1S/C10H17NO3/c12-7-11-6-5-8-1-3-9(4-2-8)10(13)14/h7-9H,1-6H2,(H,11,12)(H,13,14). The van der Waals surface area contributed by atoms with Gasteiger partial charge in [0.25, 0.3) is 0 Å². The van der Waals surface area contributed by atoms with E-state index in [0.29, 0.717) is 18.9 Å². The van der Waals surface area contributed by atoms with Gasteiger partial charge in [0.05, 0.1) is 5.92 Å². The Morgan fingerprint density at radius 2 is 2.00 bits per heavy atom. The molecule has 1 fully saturated rings. The molecule has 0 atom stereocenters. The summed E-state index contributed by atoms with van der Waals surface area (Å²) >= 11 is 0. The maximum Gasteiger partial charge on any atom is 0.306 e. The van der Waals surface area contributed by atoms with Crippen LogP contribution in [0.5, 0.6) is 0 Å². The van der Waals surface area contributed by atoms with Gasteiger partial charge in [-0.15, -0.1) is 0 Å². The molecular formula is C10H17NO3. The van der Waals surface area contributed by atoms with E-state index >= 15 is 0 Å². The smallest absolute Gasteiger partial charge is 0.306 e. The first-order valence-electron chi connectivity index (χ1n) is 5.14. The number of rotatable bonds is 5. The highest BCUT2D eigenvalue weighted by molar-refractivity contribution is 5.69. The highest BCUT2D eigenvalue weighted by Gasteiger charge is 2.25. The van der Waals surface area contributed by atoms with Crippen molar-refractivity contribution in [3.8, 4) is 0 Å². The normalized spacial score (nSPS) is 26.9. The molecule has 0 bridgehead atoms. The van der Waals surface area contributed by atoms with Crippen molar-refractivity contribution in [2.45, 2.75) is 32.1 Å². The molecule has 0 saturated heterocycles. The predicted molar refractivity (Wildman–Crippen MR) is 51.8 cm³/mol. The molecule has 14 heavy (non-hydrogen) atoms. The van der Waals surface area contributed by atoms with Gasteiger partial charge in [-0.2, -0.15) is 0 Å². The Morgan fingerprint density at radius 1 is 1.36 bits per heavy atom. The van der Waals surface area contributed by atoms with Crippen molar-refractivity contribution in [2.75, 3.05) is 6.54 Å². The molecule has 1 rings (SSSR count). The lowest BCUT2D eigenvalue weighted by Gasteiger charge is -2.25. The molecule has 0 radical (unpaired) electrons. The van der Waals surface area contributed by atoms with E-state index in [1.54, 1.807) is 0 Å². The Kier molecular flexibility index (Phi) is 4.43. The molecule has 80 valence electrons. The van der Waals surface area contributed by atoms with Crippen LogP contribution in [0.1, 0.15) is 32.1 Å². The Hall–Kier alpha value is -1.06. The van der Waals surface area contributed by atoms with Crippen LogP contribution in [-0.4, -0.2) is 24.0 Å². The first kappa shape index (κ1) is 11.0. The van der Waals surface area contributed by atoms with Gasteiger partial charge < -0.3 is 10.4 Å². The summed E-state index contributed by atoms with van der Waals surface area (Å²) in [5, 5.41) is 11.4. The quantitative estimate of drug-likeness (QED) is 0.513. The van der Waals surface area contributed by atoms with E-state index in [0.717, 1.165) is 32.1 Å². The number of hydrogen-bond donors (Lipinski definition) is 2. The molecule has 0 aromatic rings. The van der Waals surface area contributed by atoms with Gasteiger partial charge >= 0.3 is 5.97 Å². The molecule has 0 spiro atoms. The lowest BCUT2D eigenvalue weighted by atomic mass is 9.80. The third-order valence-corrected chi connectivity index (χ3v) is 2.98. The van der Waals surface area contributed by atoms with Crippen LogP contribution in [0.25, 0.3) is 0 Å². The first-order valence-corrected chi connectivity index (χ1v) is 5.14. The second kappa shape index (κ2) is 5.62. The third kappa shape index (κ3) is 3.36. The summed E-state index contributed by atoms with van der Waals surface area (Å²) in [5.41, 5.74) is 0. The van der Waals surface area contributed by atoms with Crippen LogP contribution in [0.15, 0.2) is 0 Å². The number of carbonyl (C=O) groups is 2. The van der Waals surface area contributed by atoms with Gasteiger partial charge in [-0.25, -0.2) is 0 Å². The van der Waals surface area contributed by atoms with E-state index in [2.05, 4.69) is 5.32 Å². The molecule has 1 aliphatic rings. The molecule has 2 N–H and O–H groups in total. The summed E-state index contributed by atoms with van der Waals surface area (Å²) < 4.78 is 0. The first-order chi connectivity index (χ1) is 6.74. The lowest BCUT2D eigenvalue weighted by Crippen LogP contribution is -2.23. The summed E-state index contributed by atoms with van der Waals surface area (Å²) in [5.74, 6) is -0.196. The van der Waals surface area contributed by atoms with Gasteiger partial charge in [0, 0.05) is 6.54 Å². The van der Waals surface area contributed by atoms with Gasteiger partial charge in [-0.05, 0) is 38.0 Å². The molecule has 4 nitrogen and oxygen atoms in total. The van der Waals surface area contributed by atoms with Crippen molar-refractivity contribution in [3.63, 3.8) is 0 Å². The summed E-state index contributed by atoms with van der Waals surface area (Å²) in [6, 6.07) is 0. The summed E-state index contributed by atoms with van der Waals surface area (Å²) in [4.78, 5) is 20.7. The van der Waals surface area contributed by atoms with Gasteiger partial charge in [0.1, 0.15) is 0 Å². The van der Waals surface area contributed by atoms with Crippen LogP contribution in [-0.2, 0) is 9.59 Å². The molecule has 0 aliphatic heterocycles. The minimum Gasteiger partial charge on any atom is -0.481 e. The van der Waals surface area contributed by atoms with Crippen molar-refractivity contribution in [1.29, 1.82) is 0 Å². The molecule has 1 amide bonds. The number of nitrogens with one attached hydrogen (secondary N) is 1. The number of carboxylic acids is 1. The van der Waals surface area contributed by atoms with Crippen LogP contribution >= 0.6 is 0 Å². The monoisotopic (exact) mass is 199 g/mol. The van der Waals surface area contributed by atoms with Crippen molar-refractivity contribution in [1.82, 2.24) is 5.32 Å². The molecule has 4 heteroatoms. The molecule has 0 aromatic heterocycles. The van der Waals surface area contributed by atoms with Gasteiger partial charge in [-0.3, -0.25) is 9.59 Å². The van der Waals surface area contributed by atoms with E-state index in [-0.39, 0.29) is 5.92 Å². The fourth-order valence-electron chi connectivity index (χ4n) is 2.04. The zero-order valence-electron chi connectivity index (χ0n) is 8.24. The topological polar surface area (TPSA) is 66.4 Å². The largest absolute Gasteiger partial charge is 0.481 e. The Balaban J connectivity index is 2.15. The Bertz CT molecular complexity index is 198. The SMILES string of the molecule is O=CNCCC1CCC(C(=O)O)CC1. The number of aliphatic carboxylic acids is 1.